The molecule has 0 bridgehead atoms. The van der Waals surface area contributed by atoms with Crippen molar-refractivity contribution in [1.29, 1.82) is 0 Å². The minimum Gasteiger partial charge on any atom is -0.355 e. The van der Waals surface area contributed by atoms with Gasteiger partial charge in [0.1, 0.15) is 12.1 Å². The molecule has 31 heavy (non-hydrogen) atoms. The molecular formula is C21H20Cl2N4O3S. The van der Waals surface area contributed by atoms with Gasteiger partial charge in [0.25, 0.3) is 0 Å². The molecule has 1 atom stereocenters. The van der Waals surface area contributed by atoms with E-state index in [4.69, 9.17) is 23.2 Å². The molecule has 3 aromatic rings. The average Bonchev–Trinajstić information content (AvgIpc) is 2.74. The lowest BCUT2D eigenvalue weighted by atomic mass is 9.96. The molecular weight excluding hydrogens is 459 g/mol. The number of nitrogens with one attached hydrogen (secondary N) is 1. The molecule has 0 aliphatic carbocycles. The van der Waals surface area contributed by atoms with Crippen molar-refractivity contribution in [1.82, 2.24) is 14.7 Å². The zero-order chi connectivity index (χ0) is 22.2. The number of hydrogen-bond donors (Lipinski definition) is 1. The zero-order valence-corrected chi connectivity index (χ0v) is 19.0. The first kappa shape index (κ1) is 21.8. The van der Waals surface area contributed by atoms with Crippen LogP contribution in [0.5, 0.6) is 0 Å². The maximum Gasteiger partial charge on any atom is 0.238 e. The van der Waals surface area contributed by atoms with E-state index in [-0.39, 0.29) is 0 Å². The van der Waals surface area contributed by atoms with Crippen LogP contribution in [0.3, 0.4) is 0 Å². The topological polar surface area (TPSA) is 92.3 Å². The standard InChI is InChI=1S/C21H20Cl2N4O3S/c1-31(29,30)26-21(28)14-4-3-9-27(11-14)20-19-15(5-2-6-18(19)24-12-25-20)13-7-8-16(22)17(23)10-13/h2,5-8,10,12,14H,3-4,9,11H2,1H3,(H,26,28). The molecule has 1 saturated heterocycles. The normalized spacial score (nSPS) is 17.0. The van der Waals surface area contributed by atoms with Crippen molar-refractivity contribution in [2.45, 2.75) is 12.8 Å². The Morgan fingerprint density at radius 2 is 1.97 bits per heavy atom. The van der Waals surface area contributed by atoms with Crippen molar-refractivity contribution in [2.75, 3.05) is 24.2 Å². The van der Waals surface area contributed by atoms with Crippen LogP contribution in [0.4, 0.5) is 5.82 Å². The molecule has 1 aromatic heterocycles. The fourth-order valence-corrected chi connectivity index (χ4v) is 4.72. The summed E-state index contributed by atoms with van der Waals surface area (Å²) in [6.45, 7) is 1.06. The molecule has 1 N–H and O–H groups in total. The number of rotatable bonds is 4. The fourth-order valence-electron chi connectivity index (χ4n) is 3.89. The van der Waals surface area contributed by atoms with Crippen LogP contribution >= 0.6 is 23.2 Å². The van der Waals surface area contributed by atoms with E-state index in [1.807, 2.05) is 29.2 Å². The summed E-state index contributed by atoms with van der Waals surface area (Å²) >= 11 is 12.3. The van der Waals surface area contributed by atoms with Gasteiger partial charge in [-0.2, -0.15) is 0 Å². The van der Waals surface area contributed by atoms with Crippen molar-refractivity contribution in [3.05, 3.63) is 52.8 Å². The maximum absolute atomic E-state index is 12.4. The van der Waals surface area contributed by atoms with Gasteiger partial charge in [-0.3, -0.25) is 9.52 Å². The van der Waals surface area contributed by atoms with E-state index in [1.54, 1.807) is 12.1 Å². The Labute approximate surface area is 190 Å². The SMILES string of the molecule is CS(=O)(=O)NC(=O)C1CCCN(c2ncnc3cccc(-c4ccc(Cl)c(Cl)c4)c23)C1. The van der Waals surface area contributed by atoms with E-state index in [9.17, 15) is 13.2 Å². The van der Waals surface area contributed by atoms with Crippen LogP contribution in [-0.4, -0.2) is 43.6 Å². The van der Waals surface area contributed by atoms with Gasteiger partial charge in [0.05, 0.1) is 33.1 Å². The fraction of sp³-hybridized carbons (Fsp3) is 0.286. The lowest BCUT2D eigenvalue weighted by Gasteiger charge is -2.33. The van der Waals surface area contributed by atoms with Gasteiger partial charge >= 0.3 is 0 Å². The summed E-state index contributed by atoms with van der Waals surface area (Å²) in [7, 11) is -3.61. The molecule has 2 aromatic carbocycles. The van der Waals surface area contributed by atoms with Crippen molar-refractivity contribution in [3.8, 4) is 11.1 Å². The number of fused-ring (bicyclic) bond motifs is 1. The second-order valence-corrected chi connectivity index (χ2v) is 10.1. The number of piperidine rings is 1. The number of benzene rings is 2. The Morgan fingerprint density at radius 3 is 2.71 bits per heavy atom. The number of halogens is 2. The highest BCUT2D eigenvalue weighted by molar-refractivity contribution is 7.89. The number of sulfonamides is 1. The summed E-state index contributed by atoms with van der Waals surface area (Å²) in [6, 6.07) is 11.2. The molecule has 0 spiro atoms. The Balaban J connectivity index is 1.76. The predicted octanol–water partition coefficient (Wildman–Crippen LogP) is 3.90. The van der Waals surface area contributed by atoms with Crippen molar-refractivity contribution >= 4 is 55.9 Å². The summed E-state index contributed by atoms with van der Waals surface area (Å²) in [4.78, 5) is 23.4. The monoisotopic (exact) mass is 478 g/mol. The van der Waals surface area contributed by atoms with E-state index in [2.05, 4.69) is 14.7 Å². The average molecular weight is 479 g/mol. The Morgan fingerprint density at radius 1 is 1.16 bits per heavy atom. The lowest BCUT2D eigenvalue weighted by molar-refractivity contribution is -0.123. The second-order valence-electron chi connectivity index (χ2n) is 7.55. The quantitative estimate of drug-likeness (QED) is 0.611. The Hall–Kier alpha value is -2.42. The van der Waals surface area contributed by atoms with Crippen LogP contribution in [0, 0.1) is 5.92 Å². The molecule has 0 radical (unpaired) electrons. The molecule has 1 fully saturated rings. The lowest BCUT2D eigenvalue weighted by Crippen LogP contribution is -2.44. The summed E-state index contributed by atoms with van der Waals surface area (Å²) in [6.07, 6.45) is 3.83. The Bertz CT molecular complexity index is 1260. The summed E-state index contributed by atoms with van der Waals surface area (Å²) in [5.74, 6) is -0.246. The summed E-state index contributed by atoms with van der Waals surface area (Å²) in [5, 5.41) is 1.76. The number of carbonyl (C=O) groups excluding carboxylic acids is 1. The highest BCUT2D eigenvalue weighted by Crippen LogP contribution is 2.37. The third-order valence-corrected chi connectivity index (χ3v) is 6.56. The van der Waals surface area contributed by atoms with Gasteiger partial charge in [-0.1, -0.05) is 41.4 Å². The molecule has 1 aliphatic heterocycles. The van der Waals surface area contributed by atoms with E-state index < -0.39 is 21.8 Å². The van der Waals surface area contributed by atoms with Gasteiger partial charge in [0.2, 0.25) is 15.9 Å². The third kappa shape index (κ3) is 4.76. The van der Waals surface area contributed by atoms with E-state index in [1.165, 1.54) is 6.33 Å². The van der Waals surface area contributed by atoms with Crippen LogP contribution in [0.25, 0.3) is 22.0 Å². The van der Waals surface area contributed by atoms with Gasteiger partial charge in [-0.15, -0.1) is 0 Å². The van der Waals surface area contributed by atoms with E-state index in [0.29, 0.717) is 35.4 Å². The number of anilines is 1. The number of hydrogen-bond acceptors (Lipinski definition) is 6. The van der Waals surface area contributed by atoms with Gasteiger partial charge in [-0.05, 0) is 42.2 Å². The highest BCUT2D eigenvalue weighted by atomic mass is 35.5. The molecule has 0 saturated carbocycles. The molecule has 1 unspecified atom stereocenters. The van der Waals surface area contributed by atoms with Gasteiger partial charge in [0.15, 0.2) is 0 Å². The first-order valence-corrected chi connectivity index (χ1v) is 12.3. The third-order valence-electron chi connectivity index (χ3n) is 5.25. The van der Waals surface area contributed by atoms with Gasteiger partial charge in [-0.25, -0.2) is 18.4 Å². The number of carbonyl (C=O) groups is 1. The van der Waals surface area contributed by atoms with Gasteiger partial charge < -0.3 is 4.90 Å². The van der Waals surface area contributed by atoms with Crippen LogP contribution in [0.15, 0.2) is 42.7 Å². The Kier molecular flexibility index (Phi) is 6.05. The predicted molar refractivity (Wildman–Crippen MR) is 123 cm³/mol. The van der Waals surface area contributed by atoms with E-state index >= 15 is 0 Å². The van der Waals surface area contributed by atoms with Gasteiger partial charge in [0, 0.05) is 13.1 Å². The van der Waals surface area contributed by atoms with Crippen molar-refractivity contribution < 1.29 is 13.2 Å². The van der Waals surface area contributed by atoms with Crippen LogP contribution < -0.4 is 9.62 Å². The second kappa shape index (κ2) is 8.61. The molecule has 162 valence electrons. The van der Waals surface area contributed by atoms with Crippen molar-refractivity contribution in [2.24, 2.45) is 5.92 Å². The van der Waals surface area contributed by atoms with Crippen molar-refractivity contribution in [3.63, 3.8) is 0 Å². The number of aromatic nitrogens is 2. The molecule has 10 heteroatoms. The number of nitrogens with zero attached hydrogens (tertiary/aromatic N) is 3. The zero-order valence-electron chi connectivity index (χ0n) is 16.7. The minimum absolute atomic E-state index is 0.364. The number of amides is 1. The maximum atomic E-state index is 12.4. The molecule has 1 amide bonds. The minimum atomic E-state index is -3.61. The van der Waals surface area contributed by atoms with Crippen LogP contribution in [0.1, 0.15) is 12.8 Å². The van der Waals surface area contributed by atoms with E-state index in [0.717, 1.165) is 34.7 Å². The molecule has 1 aliphatic rings. The first-order valence-electron chi connectivity index (χ1n) is 9.68. The molecule has 4 rings (SSSR count). The van der Waals surface area contributed by atoms with Crippen LogP contribution in [-0.2, 0) is 14.8 Å². The molecule has 7 nitrogen and oxygen atoms in total. The largest absolute Gasteiger partial charge is 0.355 e. The highest BCUT2D eigenvalue weighted by Gasteiger charge is 2.29. The molecule has 2 heterocycles. The summed E-state index contributed by atoms with van der Waals surface area (Å²) in [5.41, 5.74) is 2.53. The first-order chi connectivity index (χ1) is 14.7. The smallest absolute Gasteiger partial charge is 0.238 e. The van der Waals surface area contributed by atoms with Crippen LogP contribution in [0.2, 0.25) is 10.0 Å². The summed E-state index contributed by atoms with van der Waals surface area (Å²) < 4.78 is 25.0.